The van der Waals surface area contributed by atoms with Gasteiger partial charge in [-0.05, 0) is 24.6 Å². The molecule has 114 valence electrons. The van der Waals surface area contributed by atoms with Crippen LogP contribution in [0.2, 0.25) is 0 Å². The van der Waals surface area contributed by atoms with Gasteiger partial charge in [0.25, 0.3) is 0 Å². The van der Waals surface area contributed by atoms with Crippen LogP contribution >= 0.6 is 12.4 Å². The third-order valence-corrected chi connectivity index (χ3v) is 4.27. The number of halogens is 1. The van der Waals surface area contributed by atoms with Gasteiger partial charge in [0.15, 0.2) is 11.5 Å². The Kier molecular flexibility index (Phi) is 6.07. The van der Waals surface area contributed by atoms with Gasteiger partial charge >= 0.3 is 0 Å². The Labute approximate surface area is 125 Å². The Morgan fingerprint density at radius 3 is 2.60 bits per heavy atom. The van der Waals surface area contributed by atoms with E-state index in [-0.39, 0.29) is 23.2 Å². The first kappa shape index (κ1) is 17.0. The number of fused-ring (bicyclic) bond motifs is 1. The summed E-state index contributed by atoms with van der Waals surface area (Å²) in [6, 6.07) is 4.59. The number of hydrogen-bond acceptors (Lipinski definition) is 5. The fraction of sp³-hybridized carbons (Fsp3) is 0.500. The molecule has 8 heteroatoms. The molecule has 0 radical (unpaired) electrons. The number of nitrogens with one attached hydrogen (secondary N) is 1. The Bertz CT molecular complexity index is 550. The van der Waals surface area contributed by atoms with Crippen LogP contribution < -0.4 is 19.9 Å². The highest BCUT2D eigenvalue weighted by molar-refractivity contribution is 7.89. The van der Waals surface area contributed by atoms with E-state index in [9.17, 15) is 8.42 Å². The summed E-state index contributed by atoms with van der Waals surface area (Å²) < 4.78 is 37.4. The van der Waals surface area contributed by atoms with Crippen LogP contribution in [0.3, 0.4) is 0 Å². The number of rotatable bonds is 5. The van der Waals surface area contributed by atoms with E-state index < -0.39 is 10.0 Å². The summed E-state index contributed by atoms with van der Waals surface area (Å²) >= 11 is 0. The number of ether oxygens (including phenoxy) is 2. The predicted octanol–water partition coefficient (Wildman–Crippen LogP) is 0.753. The Balaban J connectivity index is 0.00000200. The van der Waals surface area contributed by atoms with Crippen LogP contribution in [0, 0.1) is 5.92 Å². The molecule has 0 spiro atoms. The molecule has 0 bridgehead atoms. The van der Waals surface area contributed by atoms with Gasteiger partial charge in [0.1, 0.15) is 13.2 Å². The zero-order valence-electron chi connectivity index (χ0n) is 11.2. The molecular weight excluding hydrogens is 304 g/mol. The van der Waals surface area contributed by atoms with E-state index in [0.29, 0.717) is 37.8 Å². The number of nitrogens with two attached hydrogens (primary N) is 1. The third kappa shape index (κ3) is 3.99. The van der Waals surface area contributed by atoms with Crippen molar-refractivity contribution >= 4 is 22.4 Å². The molecular formula is C12H19ClN2O4S. The average molecular weight is 323 g/mol. The van der Waals surface area contributed by atoms with Crippen molar-refractivity contribution in [2.24, 2.45) is 11.7 Å². The molecule has 6 nitrogen and oxygen atoms in total. The Morgan fingerprint density at radius 2 is 1.95 bits per heavy atom. The molecule has 0 aliphatic carbocycles. The lowest BCUT2D eigenvalue weighted by atomic mass is 10.2. The normalized spacial score (nSPS) is 15.3. The molecule has 1 atom stereocenters. The number of sulfonamides is 1. The van der Waals surface area contributed by atoms with Crippen LogP contribution in [-0.2, 0) is 10.0 Å². The van der Waals surface area contributed by atoms with Crippen molar-refractivity contribution in [1.29, 1.82) is 0 Å². The lowest BCUT2D eigenvalue weighted by Gasteiger charge is -2.19. The Morgan fingerprint density at radius 1 is 1.30 bits per heavy atom. The summed E-state index contributed by atoms with van der Waals surface area (Å²) in [5, 5.41) is 0. The van der Waals surface area contributed by atoms with Crippen molar-refractivity contribution in [3.63, 3.8) is 0 Å². The third-order valence-electron chi connectivity index (χ3n) is 2.85. The lowest BCUT2D eigenvalue weighted by molar-refractivity contribution is 0.171. The van der Waals surface area contributed by atoms with Crippen molar-refractivity contribution in [3.8, 4) is 11.5 Å². The second-order valence-electron chi connectivity index (χ2n) is 4.50. The summed E-state index contributed by atoms with van der Waals surface area (Å²) in [5.74, 6) is 1.12. The summed E-state index contributed by atoms with van der Waals surface area (Å²) in [6.07, 6.45) is 0. The van der Waals surface area contributed by atoms with Crippen molar-refractivity contribution in [2.75, 3.05) is 26.3 Å². The highest BCUT2D eigenvalue weighted by Crippen LogP contribution is 2.32. The van der Waals surface area contributed by atoms with E-state index in [0.717, 1.165) is 0 Å². The number of hydrogen-bond donors (Lipinski definition) is 2. The van der Waals surface area contributed by atoms with Crippen molar-refractivity contribution in [2.45, 2.75) is 11.8 Å². The quantitative estimate of drug-likeness (QED) is 0.835. The molecule has 0 saturated heterocycles. The fourth-order valence-electron chi connectivity index (χ4n) is 1.61. The van der Waals surface area contributed by atoms with Crippen LogP contribution in [0.4, 0.5) is 0 Å². The predicted molar refractivity (Wildman–Crippen MR) is 78.1 cm³/mol. The summed E-state index contributed by atoms with van der Waals surface area (Å²) in [6.45, 7) is 3.53. The molecule has 0 saturated carbocycles. The first-order valence-corrected chi connectivity index (χ1v) is 7.60. The maximum atomic E-state index is 12.1. The maximum absolute atomic E-state index is 12.1. The molecule has 0 fully saturated rings. The molecule has 2 rings (SSSR count). The van der Waals surface area contributed by atoms with E-state index in [1.165, 1.54) is 12.1 Å². The van der Waals surface area contributed by atoms with Crippen molar-refractivity contribution < 1.29 is 17.9 Å². The van der Waals surface area contributed by atoms with Gasteiger partial charge in [0.05, 0.1) is 4.90 Å². The van der Waals surface area contributed by atoms with Gasteiger partial charge in [0, 0.05) is 12.6 Å². The molecule has 0 aromatic heterocycles. The van der Waals surface area contributed by atoms with E-state index in [4.69, 9.17) is 15.2 Å². The van der Waals surface area contributed by atoms with Gasteiger partial charge < -0.3 is 15.2 Å². The van der Waals surface area contributed by atoms with Gasteiger partial charge in [-0.2, -0.15) is 0 Å². The molecule has 1 aromatic rings. The molecule has 3 N–H and O–H groups in total. The maximum Gasteiger partial charge on any atom is 0.240 e. The van der Waals surface area contributed by atoms with E-state index >= 15 is 0 Å². The van der Waals surface area contributed by atoms with E-state index in [2.05, 4.69) is 4.72 Å². The van der Waals surface area contributed by atoms with Crippen molar-refractivity contribution in [1.82, 2.24) is 4.72 Å². The molecule has 1 aliphatic heterocycles. The van der Waals surface area contributed by atoms with Gasteiger partial charge in [-0.3, -0.25) is 0 Å². The van der Waals surface area contributed by atoms with Crippen molar-refractivity contribution in [3.05, 3.63) is 18.2 Å². The molecule has 0 amide bonds. The molecule has 20 heavy (non-hydrogen) atoms. The standard InChI is InChI=1S/C12H18N2O4S.ClH/c1-9(7-13)8-14-19(15,16)10-2-3-11-12(6-10)18-5-4-17-11;/h2-3,6,9,14H,4-5,7-8,13H2,1H3;1H. The minimum Gasteiger partial charge on any atom is -0.486 e. The van der Waals surface area contributed by atoms with Crippen LogP contribution in [0.15, 0.2) is 23.1 Å². The minimum absolute atomic E-state index is 0. The second-order valence-corrected chi connectivity index (χ2v) is 6.27. The second kappa shape index (κ2) is 7.12. The molecule has 1 aromatic carbocycles. The topological polar surface area (TPSA) is 90.7 Å². The SMILES string of the molecule is CC(CN)CNS(=O)(=O)c1ccc2c(c1)OCCO2.Cl. The highest BCUT2D eigenvalue weighted by atomic mass is 35.5. The first-order chi connectivity index (χ1) is 9.03. The van der Waals surface area contributed by atoms with Gasteiger partial charge in [-0.15, -0.1) is 12.4 Å². The average Bonchev–Trinajstić information content (AvgIpc) is 2.44. The number of benzene rings is 1. The zero-order chi connectivity index (χ0) is 13.9. The molecule has 1 unspecified atom stereocenters. The fourth-order valence-corrected chi connectivity index (χ4v) is 2.79. The van der Waals surface area contributed by atoms with Crippen LogP contribution in [-0.4, -0.2) is 34.7 Å². The van der Waals surface area contributed by atoms with Crippen LogP contribution in [0.25, 0.3) is 0 Å². The Hall–Kier alpha value is -1.02. The summed E-state index contributed by atoms with van der Waals surface area (Å²) in [7, 11) is -3.54. The molecule has 1 heterocycles. The summed E-state index contributed by atoms with van der Waals surface area (Å²) in [4.78, 5) is 0.168. The van der Waals surface area contributed by atoms with E-state index in [1.54, 1.807) is 6.07 Å². The van der Waals surface area contributed by atoms with Crippen LogP contribution in [0.5, 0.6) is 11.5 Å². The van der Waals surface area contributed by atoms with E-state index in [1.807, 2.05) is 6.92 Å². The van der Waals surface area contributed by atoms with Gasteiger partial charge in [0.2, 0.25) is 10.0 Å². The smallest absolute Gasteiger partial charge is 0.240 e. The minimum atomic E-state index is -3.54. The lowest BCUT2D eigenvalue weighted by Crippen LogP contribution is -2.31. The summed E-state index contributed by atoms with van der Waals surface area (Å²) in [5.41, 5.74) is 5.46. The highest BCUT2D eigenvalue weighted by Gasteiger charge is 2.19. The molecule has 1 aliphatic rings. The largest absolute Gasteiger partial charge is 0.486 e. The van der Waals surface area contributed by atoms with Crippen LogP contribution in [0.1, 0.15) is 6.92 Å². The monoisotopic (exact) mass is 322 g/mol. The first-order valence-electron chi connectivity index (χ1n) is 6.12. The van der Waals surface area contributed by atoms with Gasteiger partial charge in [-0.25, -0.2) is 13.1 Å². The van der Waals surface area contributed by atoms with Gasteiger partial charge in [-0.1, -0.05) is 6.92 Å². The zero-order valence-corrected chi connectivity index (χ0v) is 12.8.